The molecule has 0 aliphatic heterocycles. The summed E-state index contributed by atoms with van der Waals surface area (Å²) < 4.78 is 2.31. The zero-order valence-electron chi connectivity index (χ0n) is 24.4. The molecule has 3 heteroatoms. The smallest absolute Gasteiger partial charge is 0.168 e. The van der Waals surface area contributed by atoms with Gasteiger partial charge in [-0.15, -0.1) is 10.2 Å². The summed E-state index contributed by atoms with van der Waals surface area (Å²) in [6, 6.07) is 24.5. The first-order valence-corrected chi connectivity index (χ1v) is 13.5. The highest BCUT2D eigenvalue weighted by molar-refractivity contribution is 5.69. The molecule has 0 aliphatic carbocycles. The van der Waals surface area contributed by atoms with Crippen LogP contribution in [0.15, 0.2) is 66.7 Å². The Morgan fingerprint density at radius 1 is 0.676 bits per heavy atom. The van der Waals surface area contributed by atoms with Crippen molar-refractivity contribution in [3.05, 3.63) is 89.2 Å². The minimum Gasteiger partial charge on any atom is -0.278 e. The summed E-state index contributed by atoms with van der Waals surface area (Å²) in [7, 11) is 0. The van der Waals surface area contributed by atoms with E-state index in [1.165, 1.54) is 27.8 Å². The van der Waals surface area contributed by atoms with E-state index in [0.717, 1.165) is 29.3 Å². The quantitative estimate of drug-likeness (QED) is 0.277. The predicted molar refractivity (Wildman–Crippen MR) is 158 cm³/mol. The molecule has 37 heavy (non-hydrogen) atoms. The van der Waals surface area contributed by atoms with Gasteiger partial charge in [-0.1, -0.05) is 116 Å². The fourth-order valence-corrected chi connectivity index (χ4v) is 4.75. The molecule has 4 rings (SSSR count). The number of aryl methyl sites for hydroxylation is 1. The Labute approximate surface area is 224 Å². The maximum Gasteiger partial charge on any atom is 0.168 e. The van der Waals surface area contributed by atoms with Crippen LogP contribution in [0.5, 0.6) is 0 Å². The van der Waals surface area contributed by atoms with Crippen molar-refractivity contribution >= 4 is 0 Å². The summed E-state index contributed by atoms with van der Waals surface area (Å²) in [6.07, 6.45) is 0.974. The fraction of sp³-hybridized carbons (Fsp3) is 0.412. The van der Waals surface area contributed by atoms with E-state index in [1.54, 1.807) is 0 Å². The van der Waals surface area contributed by atoms with Gasteiger partial charge in [0.1, 0.15) is 5.82 Å². The molecule has 1 heterocycles. The summed E-state index contributed by atoms with van der Waals surface area (Å²) in [4.78, 5) is 0. The van der Waals surface area contributed by atoms with Crippen molar-refractivity contribution in [2.24, 2.45) is 0 Å². The number of benzene rings is 3. The van der Waals surface area contributed by atoms with Gasteiger partial charge in [0.25, 0.3) is 0 Å². The Hall–Kier alpha value is -3.20. The lowest BCUT2D eigenvalue weighted by atomic mass is 9.82. The molecule has 0 saturated heterocycles. The molecule has 0 saturated carbocycles. The summed E-state index contributed by atoms with van der Waals surface area (Å²) in [5, 5.41) is 9.56. The second kappa shape index (κ2) is 9.59. The molecule has 3 aromatic carbocycles. The molecule has 0 amide bonds. The lowest BCUT2D eigenvalue weighted by molar-refractivity contribution is 0.462. The highest BCUT2D eigenvalue weighted by Gasteiger charge is 2.31. The Morgan fingerprint density at radius 2 is 1.32 bits per heavy atom. The average molecular weight is 494 g/mol. The van der Waals surface area contributed by atoms with E-state index in [2.05, 4.69) is 141 Å². The van der Waals surface area contributed by atoms with Gasteiger partial charge >= 0.3 is 0 Å². The van der Waals surface area contributed by atoms with Crippen molar-refractivity contribution in [3.8, 4) is 28.2 Å². The zero-order chi connectivity index (χ0) is 27.2. The van der Waals surface area contributed by atoms with E-state index >= 15 is 0 Å². The minimum atomic E-state index is -0.119. The van der Waals surface area contributed by atoms with Crippen molar-refractivity contribution in [2.45, 2.75) is 91.9 Å². The molecule has 0 radical (unpaired) electrons. The molecular formula is C34H43N3. The van der Waals surface area contributed by atoms with Crippen LogP contribution in [0.25, 0.3) is 28.2 Å². The molecule has 0 bridgehead atoms. The maximum atomic E-state index is 4.79. The normalized spacial score (nSPS) is 12.7. The average Bonchev–Trinajstić information content (AvgIpc) is 3.29. The first kappa shape index (κ1) is 26.9. The predicted octanol–water partition coefficient (Wildman–Crippen LogP) is 9.19. The Bertz CT molecular complexity index is 1390. The van der Waals surface area contributed by atoms with Gasteiger partial charge in [-0.2, -0.15) is 0 Å². The van der Waals surface area contributed by atoms with Crippen LogP contribution in [0.3, 0.4) is 0 Å². The van der Waals surface area contributed by atoms with Gasteiger partial charge in [-0.25, -0.2) is 0 Å². The third-order valence-corrected chi connectivity index (χ3v) is 7.56. The van der Waals surface area contributed by atoms with Crippen LogP contribution >= 0.6 is 0 Å². The molecular weight excluding hydrogens is 450 g/mol. The molecule has 0 N–H and O–H groups in total. The van der Waals surface area contributed by atoms with Crippen molar-refractivity contribution in [1.82, 2.24) is 14.8 Å². The van der Waals surface area contributed by atoms with Crippen molar-refractivity contribution in [2.75, 3.05) is 0 Å². The third kappa shape index (κ3) is 5.42. The molecule has 0 unspecified atom stereocenters. The standard InChI is InChI=1S/C34H43N3/c1-11-34(9,10)31-36-35-30(26-14-12-13-23(2)21-26)37(31)29-20-17-25(22-28(29)33(6,7)8)24-15-18-27(19-16-24)32(3,4)5/h12-22H,11H2,1-10H3. The lowest BCUT2D eigenvalue weighted by Crippen LogP contribution is -2.24. The Morgan fingerprint density at radius 3 is 1.89 bits per heavy atom. The largest absolute Gasteiger partial charge is 0.278 e. The van der Waals surface area contributed by atoms with Crippen molar-refractivity contribution < 1.29 is 0 Å². The van der Waals surface area contributed by atoms with Crippen LogP contribution in [0.4, 0.5) is 0 Å². The van der Waals surface area contributed by atoms with Gasteiger partial charge in [0, 0.05) is 11.0 Å². The van der Waals surface area contributed by atoms with Gasteiger partial charge in [0.05, 0.1) is 5.69 Å². The molecule has 0 fully saturated rings. The zero-order valence-corrected chi connectivity index (χ0v) is 24.4. The van der Waals surface area contributed by atoms with Gasteiger partial charge < -0.3 is 0 Å². The summed E-state index contributed by atoms with van der Waals surface area (Å²) >= 11 is 0. The molecule has 194 valence electrons. The summed E-state index contributed by atoms with van der Waals surface area (Å²) in [5.74, 6) is 1.90. The highest BCUT2D eigenvalue weighted by Crippen LogP contribution is 2.38. The summed E-state index contributed by atoms with van der Waals surface area (Å²) in [5.41, 5.74) is 8.51. The number of nitrogens with zero attached hydrogens (tertiary/aromatic N) is 3. The van der Waals surface area contributed by atoms with E-state index in [0.29, 0.717) is 0 Å². The highest BCUT2D eigenvalue weighted by atomic mass is 15.3. The molecule has 3 nitrogen and oxygen atoms in total. The van der Waals surface area contributed by atoms with Crippen LogP contribution in [-0.2, 0) is 16.2 Å². The second-order valence-corrected chi connectivity index (χ2v) is 13.1. The van der Waals surface area contributed by atoms with E-state index in [1.807, 2.05) is 0 Å². The minimum absolute atomic E-state index is 0.0710. The monoisotopic (exact) mass is 493 g/mol. The van der Waals surface area contributed by atoms with Crippen molar-refractivity contribution in [1.29, 1.82) is 0 Å². The third-order valence-electron chi connectivity index (χ3n) is 7.56. The number of hydrogen-bond acceptors (Lipinski definition) is 2. The number of hydrogen-bond donors (Lipinski definition) is 0. The van der Waals surface area contributed by atoms with Crippen LogP contribution in [0, 0.1) is 6.92 Å². The molecule has 1 aromatic heterocycles. The van der Waals surface area contributed by atoms with E-state index in [-0.39, 0.29) is 16.2 Å². The fourth-order valence-electron chi connectivity index (χ4n) is 4.75. The number of aromatic nitrogens is 3. The summed E-state index contributed by atoms with van der Waals surface area (Å²) in [6.45, 7) is 22.5. The van der Waals surface area contributed by atoms with E-state index in [4.69, 9.17) is 10.2 Å². The van der Waals surface area contributed by atoms with Gasteiger partial charge in [-0.3, -0.25) is 4.57 Å². The van der Waals surface area contributed by atoms with Crippen LogP contribution in [0.1, 0.15) is 91.2 Å². The van der Waals surface area contributed by atoms with Gasteiger partial charge in [-0.05, 0) is 64.6 Å². The first-order chi connectivity index (χ1) is 17.2. The van der Waals surface area contributed by atoms with Crippen LogP contribution in [0.2, 0.25) is 0 Å². The van der Waals surface area contributed by atoms with Gasteiger partial charge in [0.2, 0.25) is 0 Å². The first-order valence-electron chi connectivity index (χ1n) is 13.5. The van der Waals surface area contributed by atoms with E-state index in [9.17, 15) is 0 Å². The Balaban J connectivity index is 1.95. The molecule has 4 aromatic rings. The molecule has 0 atom stereocenters. The molecule has 0 spiro atoms. The lowest BCUT2D eigenvalue weighted by Gasteiger charge is -2.29. The van der Waals surface area contributed by atoms with Crippen LogP contribution in [-0.4, -0.2) is 14.8 Å². The SMILES string of the molecule is CCC(C)(C)c1nnc(-c2cccc(C)c2)n1-c1ccc(-c2ccc(C(C)(C)C)cc2)cc1C(C)(C)C. The van der Waals surface area contributed by atoms with E-state index < -0.39 is 0 Å². The second-order valence-electron chi connectivity index (χ2n) is 13.1. The number of rotatable bonds is 5. The van der Waals surface area contributed by atoms with Crippen molar-refractivity contribution in [3.63, 3.8) is 0 Å². The Kier molecular flexibility index (Phi) is 6.96. The maximum absolute atomic E-state index is 4.79. The topological polar surface area (TPSA) is 30.7 Å². The van der Waals surface area contributed by atoms with Gasteiger partial charge in [0.15, 0.2) is 5.82 Å². The van der Waals surface area contributed by atoms with Crippen LogP contribution < -0.4 is 0 Å². The molecule has 0 aliphatic rings.